The lowest BCUT2D eigenvalue weighted by molar-refractivity contribution is -0.137. The van der Waals surface area contributed by atoms with Gasteiger partial charge >= 0.3 is 0 Å². The van der Waals surface area contributed by atoms with Crippen LogP contribution in [-0.4, -0.2) is 29.3 Å². The second-order valence-corrected chi connectivity index (χ2v) is 5.57. The average Bonchev–Trinajstić information content (AvgIpc) is 3.02. The van der Waals surface area contributed by atoms with Crippen LogP contribution in [0.15, 0.2) is 0 Å². The fourth-order valence-corrected chi connectivity index (χ4v) is 2.72. The lowest BCUT2D eigenvalue weighted by Gasteiger charge is -2.25. The molecule has 0 aromatic heterocycles. The molecule has 1 aliphatic carbocycles. The monoisotopic (exact) mass is 229 g/mol. The molecular weight excluding hydrogens is 210 g/mol. The van der Waals surface area contributed by atoms with E-state index < -0.39 is 0 Å². The molecule has 0 spiro atoms. The van der Waals surface area contributed by atoms with Gasteiger partial charge in [-0.3, -0.25) is 4.79 Å². The summed E-state index contributed by atoms with van der Waals surface area (Å²) in [6.07, 6.45) is 6.30. The van der Waals surface area contributed by atoms with Crippen molar-refractivity contribution in [1.82, 2.24) is 4.90 Å². The Morgan fingerprint density at radius 1 is 1.40 bits per heavy atom. The highest BCUT2D eigenvalue weighted by Gasteiger charge is 2.49. The van der Waals surface area contributed by atoms with Gasteiger partial charge in [-0.05, 0) is 38.5 Å². The van der Waals surface area contributed by atoms with Gasteiger partial charge in [-0.25, -0.2) is 0 Å². The van der Waals surface area contributed by atoms with Gasteiger partial charge in [-0.2, -0.15) is 0 Å². The molecule has 3 heteroatoms. The summed E-state index contributed by atoms with van der Waals surface area (Å²) in [6, 6.07) is 0. The third kappa shape index (κ3) is 2.30. The Morgan fingerprint density at radius 3 is 2.73 bits per heavy atom. The Morgan fingerprint density at radius 2 is 2.13 bits per heavy atom. The average molecular weight is 230 g/mol. The van der Waals surface area contributed by atoms with Crippen LogP contribution in [0, 0.1) is 5.41 Å². The Balaban J connectivity index is 1.95. The predicted molar refractivity (Wildman–Crippen MR) is 62.0 cm³/mol. The second kappa shape index (κ2) is 4.32. The van der Waals surface area contributed by atoms with E-state index in [1.165, 1.54) is 0 Å². The van der Waals surface area contributed by atoms with Crippen LogP contribution in [0.3, 0.4) is 0 Å². The molecule has 1 heterocycles. The Hall–Kier alpha value is -0.240. The van der Waals surface area contributed by atoms with Crippen molar-refractivity contribution >= 4 is 17.5 Å². The van der Waals surface area contributed by atoms with Gasteiger partial charge in [-0.1, -0.05) is 6.92 Å². The van der Waals surface area contributed by atoms with Crippen molar-refractivity contribution in [2.24, 2.45) is 5.41 Å². The molecule has 1 atom stereocenters. The van der Waals surface area contributed by atoms with E-state index in [0.29, 0.717) is 5.91 Å². The number of carbonyl (C=O) groups excluding carboxylic acids is 1. The molecule has 86 valence electrons. The summed E-state index contributed by atoms with van der Waals surface area (Å²) in [6.45, 7) is 3.92. The maximum Gasteiger partial charge on any atom is 0.228 e. The summed E-state index contributed by atoms with van der Waals surface area (Å²) in [5, 5.41) is 0.277. The van der Waals surface area contributed by atoms with E-state index in [1.807, 2.05) is 0 Å². The molecular formula is C12H20ClNO. The number of carbonyl (C=O) groups is 1. The molecule has 2 fully saturated rings. The molecule has 0 aromatic rings. The molecule has 0 bridgehead atoms. The van der Waals surface area contributed by atoms with E-state index in [-0.39, 0.29) is 10.8 Å². The highest BCUT2D eigenvalue weighted by molar-refractivity contribution is 6.20. The van der Waals surface area contributed by atoms with Crippen molar-refractivity contribution in [3.8, 4) is 0 Å². The number of amides is 1. The van der Waals surface area contributed by atoms with Crippen LogP contribution >= 0.6 is 11.6 Å². The van der Waals surface area contributed by atoms with Gasteiger partial charge in [0.15, 0.2) is 0 Å². The predicted octanol–water partition coefficient (Wildman–Crippen LogP) is 2.80. The largest absolute Gasteiger partial charge is 0.342 e. The quantitative estimate of drug-likeness (QED) is 0.667. The van der Waals surface area contributed by atoms with Crippen molar-refractivity contribution in [1.29, 1.82) is 0 Å². The van der Waals surface area contributed by atoms with Crippen LogP contribution in [0.4, 0.5) is 0 Å². The first kappa shape index (κ1) is 11.3. The van der Waals surface area contributed by atoms with Gasteiger partial charge in [0, 0.05) is 23.9 Å². The summed E-state index contributed by atoms with van der Waals surface area (Å²) in [5.74, 6) is 0.399. The maximum atomic E-state index is 12.3. The van der Waals surface area contributed by atoms with E-state index in [2.05, 4.69) is 11.8 Å². The van der Waals surface area contributed by atoms with E-state index in [1.54, 1.807) is 0 Å². The van der Waals surface area contributed by atoms with Gasteiger partial charge in [0.25, 0.3) is 0 Å². The fraction of sp³-hybridized carbons (Fsp3) is 0.917. The Labute approximate surface area is 97.0 Å². The molecule has 2 aliphatic rings. The number of halogens is 1. The topological polar surface area (TPSA) is 20.3 Å². The van der Waals surface area contributed by atoms with Crippen molar-refractivity contribution < 1.29 is 4.79 Å². The first-order valence-electron chi connectivity index (χ1n) is 6.11. The van der Waals surface area contributed by atoms with E-state index in [0.717, 1.165) is 51.6 Å². The molecule has 1 amide bonds. The standard InChI is InChI=1S/C12H20ClNO/c1-2-12(6-7-12)11(15)14-8-3-4-10(13)5-9-14/h10H,2-9H2,1H3. The molecule has 1 saturated carbocycles. The Bertz CT molecular complexity index is 250. The summed E-state index contributed by atoms with van der Waals surface area (Å²) < 4.78 is 0. The number of hydrogen-bond acceptors (Lipinski definition) is 1. The molecule has 1 saturated heterocycles. The van der Waals surface area contributed by atoms with E-state index in [9.17, 15) is 4.79 Å². The van der Waals surface area contributed by atoms with Crippen molar-refractivity contribution in [3.05, 3.63) is 0 Å². The minimum Gasteiger partial charge on any atom is -0.342 e. The first-order chi connectivity index (χ1) is 7.18. The summed E-state index contributed by atoms with van der Waals surface area (Å²) in [4.78, 5) is 14.3. The number of likely N-dealkylation sites (tertiary alicyclic amines) is 1. The van der Waals surface area contributed by atoms with Crippen LogP contribution in [-0.2, 0) is 4.79 Å². The van der Waals surface area contributed by atoms with Gasteiger partial charge in [0.1, 0.15) is 0 Å². The zero-order valence-electron chi connectivity index (χ0n) is 9.47. The van der Waals surface area contributed by atoms with Gasteiger partial charge < -0.3 is 4.90 Å². The zero-order valence-corrected chi connectivity index (χ0v) is 10.2. The first-order valence-corrected chi connectivity index (χ1v) is 6.55. The minimum absolute atomic E-state index is 0.0339. The molecule has 1 unspecified atom stereocenters. The van der Waals surface area contributed by atoms with Gasteiger partial charge in [0.05, 0.1) is 0 Å². The zero-order chi connectivity index (χ0) is 10.9. The third-order valence-corrected chi connectivity index (χ3v) is 4.37. The lowest BCUT2D eigenvalue weighted by atomic mass is 10.0. The lowest BCUT2D eigenvalue weighted by Crippen LogP contribution is -2.37. The molecule has 1 aliphatic heterocycles. The highest BCUT2D eigenvalue weighted by Crippen LogP contribution is 2.50. The summed E-state index contributed by atoms with van der Waals surface area (Å²) in [5.41, 5.74) is 0.0339. The van der Waals surface area contributed by atoms with Gasteiger partial charge in [0.2, 0.25) is 5.91 Å². The van der Waals surface area contributed by atoms with E-state index in [4.69, 9.17) is 11.6 Å². The smallest absolute Gasteiger partial charge is 0.228 e. The molecule has 0 N–H and O–H groups in total. The third-order valence-electron chi connectivity index (χ3n) is 3.93. The van der Waals surface area contributed by atoms with Crippen LogP contribution in [0.1, 0.15) is 45.4 Å². The minimum atomic E-state index is 0.0339. The van der Waals surface area contributed by atoms with E-state index >= 15 is 0 Å². The Kier molecular flexibility index (Phi) is 3.24. The van der Waals surface area contributed by atoms with Gasteiger partial charge in [-0.15, -0.1) is 11.6 Å². The summed E-state index contributed by atoms with van der Waals surface area (Å²) >= 11 is 6.12. The molecule has 2 rings (SSSR count). The fourth-order valence-electron chi connectivity index (χ4n) is 2.46. The number of nitrogens with zero attached hydrogens (tertiary/aromatic N) is 1. The van der Waals surface area contributed by atoms with Crippen molar-refractivity contribution in [3.63, 3.8) is 0 Å². The SMILES string of the molecule is CCC1(C(=O)N2CCCC(Cl)CC2)CC1. The van der Waals surface area contributed by atoms with Crippen LogP contribution in [0.25, 0.3) is 0 Å². The number of hydrogen-bond donors (Lipinski definition) is 0. The molecule has 2 nitrogen and oxygen atoms in total. The van der Waals surface area contributed by atoms with Crippen LogP contribution < -0.4 is 0 Å². The second-order valence-electron chi connectivity index (χ2n) is 4.95. The normalized spacial score (nSPS) is 29.7. The van der Waals surface area contributed by atoms with Crippen LogP contribution in [0.2, 0.25) is 0 Å². The maximum absolute atomic E-state index is 12.3. The molecule has 15 heavy (non-hydrogen) atoms. The summed E-state index contributed by atoms with van der Waals surface area (Å²) in [7, 11) is 0. The number of rotatable bonds is 2. The highest BCUT2D eigenvalue weighted by atomic mass is 35.5. The molecule has 0 radical (unpaired) electrons. The molecule has 0 aromatic carbocycles. The number of alkyl halides is 1. The van der Waals surface area contributed by atoms with Crippen molar-refractivity contribution in [2.45, 2.75) is 50.8 Å². The van der Waals surface area contributed by atoms with Crippen molar-refractivity contribution in [2.75, 3.05) is 13.1 Å². The van der Waals surface area contributed by atoms with Crippen LogP contribution in [0.5, 0.6) is 0 Å².